The van der Waals surface area contributed by atoms with Crippen molar-refractivity contribution in [1.82, 2.24) is 9.88 Å². The summed E-state index contributed by atoms with van der Waals surface area (Å²) < 4.78 is 5.06. The molecule has 3 nitrogen and oxygen atoms in total. The number of nitrogens with zero attached hydrogens (tertiary/aromatic N) is 2. The van der Waals surface area contributed by atoms with Crippen molar-refractivity contribution in [3.8, 4) is 5.69 Å². The Morgan fingerprint density at radius 2 is 1.25 bits per heavy atom. The molecule has 2 aliphatic rings. The van der Waals surface area contributed by atoms with E-state index < -0.39 is 0 Å². The van der Waals surface area contributed by atoms with E-state index >= 15 is 0 Å². The number of nitrogens with one attached hydrogen (secondary N) is 1. The van der Waals surface area contributed by atoms with E-state index in [4.69, 9.17) is 4.99 Å². The van der Waals surface area contributed by atoms with Gasteiger partial charge in [0.2, 0.25) is 0 Å². The Balaban J connectivity index is 1.03. The first-order valence-electron chi connectivity index (χ1n) is 19.1. The highest BCUT2D eigenvalue weighted by atomic mass is 32.1. The van der Waals surface area contributed by atoms with Crippen molar-refractivity contribution in [2.45, 2.75) is 25.3 Å². The van der Waals surface area contributed by atoms with E-state index in [2.05, 4.69) is 188 Å². The molecule has 3 heterocycles. The van der Waals surface area contributed by atoms with Gasteiger partial charge in [0.15, 0.2) is 0 Å². The van der Waals surface area contributed by atoms with Gasteiger partial charge in [0.1, 0.15) is 5.84 Å². The van der Waals surface area contributed by atoms with Crippen molar-refractivity contribution in [3.05, 3.63) is 192 Å². The topological polar surface area (TPSA) is 29.3 Å². The minimum Gasteiger partial charge on any atom is -0.359 e. The largest absolute Gasteiger partial charge is 0.359 e. The molecule has 1 aliphatic carbocycles. The highest BCUT2D eigenvalue weighted by Crippen LogP contribution is 2.53. The van der Waals surface area contributed by atoms with Gasteiger partial charge in [0.05, 0.1) is 22.8 Å². The standard InChI is InChI=1S/C51H35N3S/c1-51(2)42-19-8-5-17-40(42)47-48(33-22-24-38-37-16-7-10-21-45(37)55-46(38)29-33)52-50(53-49(47)51)39-18-11-14-32-26-34(23-25-35(32)39)54-43-20-9-6-15-36(43)41-27-30-12-3-4-13-31(30)28-44(41)54/h3-29,48H,1-2H3,(H,52,53). The van der Waals surface area contributed by atoms with Crippen LogP contribution in [0.2, 0.25) is 0 Å². The Bertz CT molecular complexity index is 3340. The molecule has 260 valence electrons. The Morgan fingerprint density at radius 1 is 0.545 bits per heavy atom. The van der Waals surface area contributed by atoms with Crippen molar-refractivity contribution in [2.24, 2.45) is 4.99 Å². The molecule has 8 aromatic carbocycles. The number of hydrogen-bond acceptors (Lipinski definition) is 3. The zero-order chi connectivity index (χ0) is 36.4. The Labute approximate surface area is 322 Å². The molecular formula is C51H35N3S. The molecule has 1 atom stereocenters. The van der Waals surface area contributed by atoms with Gasteiger partial charge in [-0.15, -0.1) is 11.3 Å². The summed E-state index contributed by atoms with van der Waals surface area (Å²) in [6.07, 6.45) is 0. The number of para-hydroxylation sites is 1. The zero-order valence-corrected chi connectivity index (χ0v) is 31.3. The summed E-state index contributed by atoms with van der Waals surface area (Å²) in [5.41, 5.74) is 10.8. The van der Waals surface area contributed by atoms with Gasteiger partial charge in [-0.1, -0.05) is 135 Å². The van der Waals surface area contributed by atoms with Crippen LogP contribution in [0, 0.1) is 0 Å². The van der Waals surface area contributed by atoms with Crippen molar-refractivity contribution in [1.29, 1.82) is 0 Å². The lowest BCUT2D eigenvalue weighted by molar-refractivity contribution is 0.622. The van der Waals surface area contributed by atoms with Crippen LogP contribution in [0.25, 0.3) is 74.8 Å². The van der Waals surface area contributed by atoms with Crippen molar-refractivity contribution < 1.29 is 0 Å². The van der Waals surface area contributed by atoms with E-state index in [1.54, 1.807) is 0 Å². The molecule has 0 bridgehead atoms. The number of benzene rings is 8. The van der Waals surface area contributed by atoms with E-state index in [0.29, 0.717) is 0 Å². The second-order valence-electron chi connectivity index (χ2n) is 15.6. The highest BCUT2D eigenvalue weighted by Gasteiger charge is 2.43. The van der Waals surface area contributed by atoms with Gasteiger partial charge in [-0.05, 0) is 80.7 Å². The van der Waals surface area contributed by atoms with Gasteiger partial charge in [0, 0.05) is 53.2 Å². The molecule has 0 saturated carbocycles. The lowest BCUT2D eigenvalue weighted by atomic mass is 9.84. The second-order valence-corrected chi connectivity index (χ2v) is 16.7. The molecule has 0 fully saturated rings. The van der Waals surface area contributed by atoms with E-state index in [1.165, 1.54) is 85.8 Å². The average Bonchev–Trinajstić information content (AvgIpc) is 3.84. The molecule has 12 rings (SSSR count). The summed E-state index contributed by atoms with van der Waals surface area (Å²) in [4.78, 5) is 5.57. The van der Waals surface area contributed by atoms with Gasteiger partial charge in [-0.25, -0.2) is 4.99 Å². The first-order chi connectivity index (χ1) is 27.0. The summed E-state index contributed by atoms with van der Waals surface area (Å²) >= 11 is 1.88. The molecule has 55 heavy (non-hydrogen) atoms. The lowest BCUT2D eigenvalue weighted by Crippen LogP contribution is -2.34. The van der Waals surface area contributed by atoms with Crippen LogP contribution >= 0.6 is 11.3 Å². The first-order valence-corrected chi connectivity index (χ1v) is 19.9. The third-order valence-corrected chi connectivity index (χ3v) is 13.3. The van der Waals surface area contributed by atoms with Crippen LogP contribution in [-0.2, 0) is 5.41 Å². The first kappa shape index (κ1) is 30.9. The molecule has 0 spiro atoms. The van der Waals surface area contributed by atoms with E-state index in [-0.39, 0.29) is 11.5 Å². The molecule has 0 saturated heterocycles. The predicted molar refractivity (Wildman–Crippen MR) is 234 cm³/mol. The molecule has 10 aromatic rings. The third kappa shape index (κ3) is 4.40. The number of hydrogen-bond donors (Lipinski definition) is 1. The van der Waals surface area contributed by atoms with Gasteiger partial charge < -0.3 is 9.88 Å². The summed E-state index contributed by atoms with van der Waals surface area (Å²) in [6, 6.07) is 60.3. The maximum atomic E-state index is 5.57. The summed E-state index contributed by atoms with van der Waals surface area (Å²) in [6.45, 7) is 4.66. The van der Waals surface area contributed by atoms with Crippen LogP contribution in [0.3, 0.4) is 0 Å². The number of fused-ring (bicyclic) bond motifs is 10. The average molecular weight is 722 g/mol. The minimum absolute atomic E-state index is 0.0537. The molecule has 4 heteroatoms. The number of allylic oxidation sites excluding steroid dienone is 1. The number of thiophene rings is 1. The van der Waals surface area contributed by atoms with Crippen molar-refractivity contribution in [3.63, 3.8) is 0 Å². The van der Waals surface area contributed by atoms with E-state index in [9.17, 15) is 0 Å². The van der Waals surface area contributed by atoms with E-state index in [1.807, 2.05) is 11.3 Å². The monoisotopic (exact) mass is 721 g/mol. The summed E-state index contributed by atoms with van der Waals surface area (Å²) in [5.74, 6) is 0.919. The Hall–Kier alpha value is -6.49. The fourth-order valence-corrected chi connectivity index (χ4v) is 10.7. The van der Waals surface area contributed by atoms with Gasteiger partial charge in [0.25, 0.3) is 0 Å². The van der Waals surface area contributed by atoms with Crippen molar-refractivity contribution >= 4 is 86.3 Å². The van der Waals surface area contributed by atoms with Crippen LogP contribution in [-0.4, -0.2) is 10.4 Å². The molecule has 1 unspecified atom stereocenters. The quantitative estimate of drug-likeness (QED) is 0.193. The third-order valence-electron chi connectivity index (χ3n) is 12.2. The number of amidine groups is 1. The lowest BCUT2D eigenvalue weighted by Gasteiger charge is -2.31. The maximum Gasteiger partial charge on any atom is 0.134 e. The Kier molecular flexibility index (Phi) is 6.33. The van der Waals surface area contributed by atoms with Crippen molar-refractivity contribution in [2.75, 3.05) is 0 Å². The van der Waals surface area contributed by atoms with Crippen LogP contribution in [0.1, 0.15) is 42.1 Å². The molecule has 2 aromatic heterocycles. The number of rotatable bonds is 3. The molecule has 0 radical (unpaired) electrons. The van der Waals surface area contributed by atoms with Crippen LogP contribution in [0.5, 0.6) is 0 Å². The van der Waals surface area contributed by atoms with Gasteiger partial charge >= 0.3 is 0 Å². The fourth-order valence-electron chi connectivity index (χ4n) is 9.56. The number of aliphatic imine (C=N–C) groups is 1. The molecular weight excluding hydrogens is 687 g/mol. The summed E-state index contributed by atoms with van der Waals surface area (Å²) in [5, 5.41) is 14.1. The number of aromatic nitrogens is 1. The predicted octanol–water partition coefficient (Wildman–Crippen LogP) is 13.3. The maximum absolute atomic E-state index is 5.57. The molecule has 0 amide bonds. The smallest absolute Gasteiger partial charge is 0.134 e. The van der Waals surface area contributed by atoms with Gasteiger partial charge in [-0.3, -0.25) is 0 Å². The fraction of sp³-hybridized carbons (Fsp3) is 0.0784. The Morgan fingerprint density at radius 3 is 2.16 bits per heavy atom. The minimum atomic E-state index is -0.238. The van der Waals surface area contributed by atoms with Crippen LogP contribution < -0.4 is 5.32 Å². The zero-order valence-electron chi connectivity index (χ0n) is 30.5. The molecule has 1 aliphatic heterocycles. The van der Waals surface area contributed by atoms with Gasteiger partial charge in [-0.2, -0.15) is 0 Å². The highest BCUT2D eigenvalue weighted by molar-refractivity contribution is 7.25. The van der Waals surface area contributed by atoms with E-state index in [0.717, 1.165) is 22.8 Å². The normalized spacial score (nSPS) is 16.3. The van der Waals surface area contributed by atoms with Crippen LogP contribution in [0.4, 0.5) is 0 Å². The van der Waals surface area contributed by atoms with Crippen LogP contribution in [0.15, 0.2) is 174 Å². The second kappa shape index (κ2) is 11.3. The SMILES string of the molecule is CC1(C)C2=C(c3ccccc31)C(c1ccc3c(c1)sc1ccccc13)NC(c1cccc3cc(-n4c5ccccc5c5cc6ccccc6cc54)ccc13)=N2. The summed E-state index contributed by atoms with van der Waals surface area (Å²) in [7, 11) is 0. The molecule has 1 N–H and O–H groups in total.